The van der Waals surface area contributed by atoms with E-state index in [0.717, 1.165) is 53.3 Å². The van der Waals surface area contributed by atoms with E-state index in [4.69, 9.17) is 21.8 Å². The van der Waals surface area contributed by atoms with Crippen molar-refractivity contribution in [2.75, 3.05) is 14.2 Å². The van der Waals surface area contributed by atoms with Crippen molar-refractivity contribution in [1.82, 2.24) is 10.3 Å². The number of hydrogen-bond donors (Lipinski definition) is 1. The van der Waals surface area contributed by atoms with Gasteiger partial charge in [-0.1, -0.05) is 42.0 Å². The number of nitrogens with zero attached hydrogens (tertiary/aromatic N) is 2. The van der Waals surface area contributed by atoms with Crippen molar-refractivity contribution in [3.63, 3.8) is 0 Å². The van der Waals surface area contributed by atoms with Crippen LogP contribution in [0.25, 0.3) is 0 Å². The molecule has 1 N–H and O–H groups in total. The number of pyridine rings is 1. The number of nitrogens with one attached hydrogen (secondary N) is 1. The first-order valence-electron chi connectivity index (χ1n) is 9.15. The molecule has 1 unspecified atom stereocenters. The lowest BCUT2D eigenvalue weighted by Crippen LogP contribution is -2.50. The first kappa shape index (κ1) is 19.3. The fourth-order valence-corrected chi connectivity index (χ4v) is 3.92. The highest BCUT2D eigenvalue weighted by atomic mass is 32.1. The van der Waals surface area contributed by atoms with Gasteiger partial charge in [0.05, 0.1) is 23.2 Å². The Morgan fingerprint density at radius 3 is 2.74 bits per heavy atom. The zero-order valence-corrected chi connectivity index (χ0v) is 16.6. The minimum Gasteiger partial charge on any atom is -0.497 e. The van der Waals surface area contributed by atoms with Crippen LogP contribution in [-0.2, 0) is 16.9 Å². The molecule has 1 aromatic carbocycles. The zero-order chi connectivity index (χ0) is 19.1. The first-order valence-corrected chi connectivity index (χ1v) is 9.56. The predicted molar refractivity (Wildman–Crippen MR) is 111 cm³/mol. The van der Waals surface area contributed by atoms with Gasteiger partial charge >= 0.3 is 0 Å². The highest BCUT2D eigenvalue weighted by Gasteiger charge is 2.44. The van der Waals surface area contributed by atoms with Gasteiger partial charge in [0.25, 0.3) is 0 Å². The van der Waals surface area contributed by atoms with Gasteiger partial charge in [0.1, 0.15) is 12.4 Å². The molecule has 3 rings (SSSR count). The Balaban J connectivity index is 1.85. The molecule has 1 saturated carbocycles. The molecular weight excluding hydrogens is 358 g/mol. The summed E-state index contributed by atoms with van der Waals surface area (Å²) in [4.78, 5) is 10.8. The number of aromatic nitrogens is 1. The molecule has 1 aliphatic carbocycles. The third kappa shape index (κ3) is 4.11. The third-order valence-electron chi connectivity index (χ3n) is 5.04. The Kier molecular flexibility index (Phi) is 6.40. The number of benzene rings is 1. The van der Waals surface area contributed by atoms with Crippen LogP contribution in [0.1, 0.15) is 36.8 Å². The smallest absolute Gasteiger partial charge is 0.142 e. The van der Waals surface area contributed by atoms with E-state index in [2.05, 4.69) is 21.5 Å². The summed E-state index contributed by atoms with van der Waals surface area (Å²) in [6.45, 7) is 0.406. The maximum absolute atomic E-state index is 5.74. The van der Waals surface area contributed by atoms with Crippen LogP contribution in [0.5, 0.6) is 5.75 Å². The summed E-state index contributed by atoms with van der Waals surface area (Å²) in [7, 11) is 3.52. The van der Waals surface area contributed by atoms with E-state index in [1.807, 2.05) is 43.6 Å². The van der Waals surface area contributed by atoms with Crippen molar-refractivity contribution in [3.05, 3.63) is 59.9 Å². The number of likely N-dealkylation sites (N-methyl/N-ethyl adjacent to an activating group) is 1. The van der Waals surface area contributed by atoms with Gasteiger partial charge in [0.2, 0.25) is 0 Å². The molecule has 0 saturated heterocycles. The van der Waals surface area contributed by atoms with E-state index in [0.29, 0.717) is 6.61 Å². The number of methoxy groups -OCH3 is 1. The van der Waals surface area contributed by atoms with Crippen LogP contribution in [0.15, 0.2) is 53.9 Å². The van der Waals surface area contributed by atoms with Crippen LogP contribution < -0.4 is 10.1 Å². The Morgan fingerprint density at radius 2 is 2.07 bits per heavy atom. The van der Waals surface area contributed by atoms with E-state index in [1.54, 1.807) is 13.3 Å². The third-order valence-corrected chi connectivity index (χ3v) is 5.59. The summed E-state index contributed by atoms with van der Waals surface area (Å²) >= 11 is 5.73. The molecule has 0 spiro atoms. The number of rotatable bonds is 6. The average Bonchev–Trinajstić information content (AvgIpc) is 2.74. The van der Waals surface area contributed by atoms with Crippen molar-refractivity contribution in [3.8, 4) is 5.75 Å². The number of hydrogen-bond acceptors (Lipinski definition) is 5. The minimum absolute atomic E-state index is 0.406. The highest BCUT2D eigenvalue weighted by Crippen LogP contribution is 2.38. The summed E-state index contributed by atoms with van der Waals surface area (Å²) in [5, 5.41) is 7.73. The molecule has 142 valence electrons. The lowest BCUT2D eigenvalue weighted by molar-refractivity contribution is 0.127. The van der Waals surface area contributed by atoms with Crippen molar-refractivity contribution in [2.24, 2.45) is 5.16 Å². The Hall–Kier alpha value is -2.47. The number of oxime groups is 1. The van der Waals surface area contributed by atoms with Crippen LogP contribution in [0.2, 0.25) is 0 Å². The summed E-state index contributed by atoms with van der Waals surface area (Å²) in [5.74, 6) is 0.826. The molecule has 1 fully saturated rings. The van der Waals surface area contributed by atoms with Gasteiger partial charge in [0.15, 0.2) is 0 Å². The van der Waals surface area contributed by atoms with Gasteiger partial charge in [-0.2, -0.15) is 0 Å². The molecule has 0 amide bonds. The molecule has 0 bridgehead atoms. The summed E-state index contributed by atoms with van der Waals surface area (Å²) in [5.41, 5.74) is 2.63. The molecule has 6 heteroatoms. The molecule has 1 aliphatic rings. The average molecular weight is 384 g/mol. The maximum Gasteiger partial charge on any atom is 0.142 e. The molecule has 27 heavy (non-hydrogen) atoms. The minimum atomic E-state index is -0.448. The van der Waals surface area contributed by atoms with Gasteiger partial charge in [-0.25, -0.2) is 0 Å². The van der Waals surface area contributed by atoms with Gasteiger partial charge in [-0.15, -0.1) is 0 Å². The molecule has 1 heterocycles. The van der Waals surface area contributed by atoms with E-state index >= 15 is 0 Å². The van der Waals surface area contributed by atoms with Crippen molar-refractivity contribution in [1.29, 1.82) is 0 Å². The maximum atomic E-state index is 5.74. The van der Waals surface area contributed by atoms with E-state index < -0.39 is 5.41 Å². The van der Waals surface area contributed by atoms with Crippen LogP contribution >= 0.6 is 12.2 Å². The second kappa shape index (κ2) is 8.95. The summed E-state index contributed by atoms with van der Waals surface area (Å²) in [6, 6.07) is 11.8. The van der Waals surface area contributed by atoms with Gasteiger partial charge in [-0.05, 0) is 48.6 Å². The molecule has 1 aromatic heterocycles. The van der Waals surface area contributed by atoms with Gasteiger partial charge in [-0.3, -0.25) is 4.98 Å². The molecule has 1 atom stereocenters. The molecule has 5 nitrogen and oxygen atoms in total. The summed E-state index contributed by atoms with van der Waals surface area (Å²) in [6.07, 6.45) is 7.60. The molecule has 2 aromatic rings. The quantitative estimate of drug-likeness (QED) is 0.603. The molecule has 0 aliphatic heterocycles. The lowest BCUT2D eigenvalue weighted by atomic mass is 9.68. The predicted octanol–water partition coefficient (Wildman–Crippen LogP) is 4.02. The standard InChI is InChI=1S/C21H25N3O2S/c1-22-20(27)21(17-6-5-13-23-14-17)12-4-3-7-19(21)24-26-15-16-8-10-18(25-2)11-9-16/h5-6,8-11,13-14H,3-4,7,12,15H2,1-2H3,(H,22,27)/b24-19-. The Morgan fingerprint density at radius 1 is 1.26 bits per heavy atom. The monoisotopic (exact) mass is 383 g/mol. The van der Waals surface area contributed by atoms with Crippen LogP contribution in [0.4, 0.5) is 0 Å². The number of thiocarbonyl (C=S) groups is 1. The fraction of sp³-hybridized carbons (Fsp3) is 0.381. The second-order valence-electron chi connectivity index (χ2n) is 6.59. The zero-order valence-electron chi connectivity index (χ0n) is 15.8. The van der Waals surface area contributed by atoms with Gasteiger partial charge < -0.3 is 14.9 Å². The Labute approximate surface area is 165 Å². The van der Waals surface area contributed by atoms with E-state index in [1.165, 1.54) is 0 Å². The second-order valence-corrected chi connectivity index (χ2v) is 7.00. The first-order chi connectivity index (χ1) is 13.2. The summed E-state index contributed by atoms with van der Waals surface area (Å²) < 4.78 is 5.19. The normalized spacial score (nSPS) is 20.9. The topological polar surface area (TPSA) is 55.7 Å². The largest absolute Gasteiger partial charge is 0.497 e. The van der Waals surface area contributed by atoms with Crippen molar-refractivity contribution < 1.29 is 9.57 Å². The SMILES string of the molecule is CNC(=S)C1(c2cccnc2)CCCC/C1=N/OCc1ccc(OC)cc1. The van der Waals surface area contributed by atoms with Crippen molar-refractivity contribution >= 4 is 22.9 Å². The molecular formula is C21H25N3O2S. The number of ether oxygens (including phenoxy) is 1. The fourth-order valence-electron chi connectivity index (χ4n) is 3.59. The lowest BCUT2D eigenvalue weighted by Gasteiger charge is -2.38. The van der Waals surface area contributed by atoms with Crippen LogP contribution in [0.3, 0.4) is 0 Å². The molecule has 0 radical (unpaired) electrons. The van der Waals surface area contributed by atoms with Crippen LogP contribution in [0, 0.1) is 0 Å². The van der Waals surface area contributed by atoms with Gasteiger partial charge in [0, 0.05) is 19.4 Å². The van der Waals surface area contributed by atoms with Crippen LogP contribution in [-0.4, -0.2) is 29.8 Å². The highest BCUT2D eigenvalue weighted by molar-refractivity contribution is 7.80. The van der Waals surface area contributed by atoms with Crippen molar-refractivity contribution in [2.45, 2.75) is 37.7 Å². The Bertz CT molecular complexity index is 793. The van der Waals surface area contributed by atoms with E-state index in [-0.39, 0.29) is 0 Å². The van der Waals surface area contributed by atoms with E-state index in [9.17, 15) is 0 Å².